The van der Waals surface area contributed by atoms with Crippen molar-refractivity contribution in [2.45, 2.75) is 51.5 Å². The maximum absolute atomic E-state index is 12.6. The highest BCUT2D eigenvalue weighted by Gasteiger charge is 2.47. The van der Waals surface area contributed by atoms with Gasteiger partial charge in [-0.25, -0.2) is 4.79 Å². The van der Waals surface area contributed by atoms with Gasteiger partial charge in [0, 0.05) is 12.2 Å². The Morgan fingerprint density at radius 2 is 2.00 bits per heavy atom. The minimum atomic E-state index is -0.999. The average molecular weight is 401 g/mol. The Labute approximate surface area is 170 Å². The number of hydrogen-bond donors (Lipinski definition) is 1. The number of fused-ring (bicyclic) bond motifs is 1. The molecule has 0 aromatic heterocycles. The number of imide groups is 1. The van der Waals surface area contributed by atoms with Crippen LogP contribution in [0.5, 0.6) is 0 Å². The summed E-state index contributed by atoms with van der Waals surface area (Å²) >= 11 is 0. The lowest BCUT2D eigenvalue weighted by atomic mass is 9.95. The Bertz CT molecular complexity index is 824. The monoisotopic (exact) mass is 401 g/mol. The van der Waals surface area contributed by atoms with E-state index in [2.05, 4.69) is 5.32 Å². The van der Waals surface area contributed by atoms with Crippen LogP contribution in [0.1, 0.15) is 45.1 Å². The van der Waals surface area contributed by atoms with Crippen LogP contribution in [0, 0.1) is 0 Å². The van der Waals surface area contributed by atoms with Gasteiger partial charge in [0.05, 0.1) is 0 Å². The molecule has 1 saturated heterocycles. The van der Waals surface area contributed by atoms with E-state index in [0.29, 0.717) is 13.0 Å². The third kappa shape index (κ3) is 4.41. The standard InChI is InChI=1S/C21H27N3O5/c1-3-4-11-21(2)19(27)24(20(28)22-21)13-18(26)29-14-17(25)23-12-7-9-15-8-5-6-10-16(15)23/h5-6,8,10H,3-4,7,9,11-14H2,1-2H3,(H,22,28)/t21-/m0/s1. The molecule has 0 unspecified atom stereocenters. The summed E-state index contributed by atoms with van der Waals surface area (Å²) in [7, 11) is 0. The molecule has 4 amide bonds. The number of carbonyl (C=O) groups excluding carboxylic acids is 4. The van der Waals surface area contributed by atoms with Crippen molar-refractivity contribution in [2.75, 3.05) is 24.6 Å². The minimum absolute atomic E-state index is 0.324. The summed E-state index contributed by atoms with van der Waals surface area (Å²) in [5.41, 5.74) is 0.922. The highest BCUT2D eigenvalue weighted by atomic mass is 16.5. The molecule has 0 aliphatic carbocycles. The lowest BCUT2D eigenvalue weighted by molar-refractivity contribution is -0.150. The molecule has 2 aliphatic rings. The molecule has 1 atom stereocenters. The van der Waals surface area contributed by atoms with E-state index in [9.17, 15) is 19.2 Å². The van der Waals surface area contributed by atoms with Gasteiger partial charge in [-0.05, 0) is 37.8 Å². The van der Waals surface area contributed by atoms with E-state index in [1.165, 1.54) is 0 Å². The molecule has 29 heavy (non-hydrogen) atoms. The number of para-hydroxylation sites is 1. The van der Waals surface area contributed by atoms with Crippen molar-refractivity contribution >= 4 is 29.5 Å². The summed E-state index contributed by atoms with van der Waals surface area (Å²) < 4.78 is 5.08. The lowest BCUT2D eigenvalue weighted by Crippen LogP contribution is -2.44. The number of unbranched alkanes of at least 4 members (excludes halogenated alkanes) is 1. The fraction of sp³-hybridized carbons (Fsp3) is 0.524. The van der Waals surface area contributed by atoms with Crippen LogP contribution >= 0.6 is 0 Å². The first kappa shape index (κ1) is 20.8. The van der Waals surface area contributed by atoms with Crippen LogP contribution in [0.15, 0.2) is 24.3 Å². The van der Waals surface area contributed by atoms with Gasteiger partial charge in [-0.1, -0.05) is 38.0 Å². The van der Waals surface area contributed by atoms with Crippen molar-refractivity contribution in [3.63, 3.8) is 0 Å². The fourth-order valence-electron chi connectivity index (χ4n) is 3.78. The van der Waals surface area contributed by atoms with E-state index in [1.807, 2.05) is 31.2 Å². The number of nitrogens with one attached hydrogen (secondary N) is 1. The minimum Gasteiger partial charge on any atom is -0.454 e. The molecule has 0 bridgehead atoms. The molecule has 1 aromatic carbocycles. The highest BCUT2D eigenvalue weighted by Crippen LogP contribution is 2.27. The molecule has 8 heteroatoms. The maximum atomic E-state index is 12.6. The van der Waals surface area contributed by atoms with E-state index in [-0.39, 0.29) is 5.91 Å². The van der Waals surface area contributed by atoms with Crippen molar-refractivity contribution in [1.29, 1.82) is 0 Å². The number of amides is 4. The van der Waals surface area contributed by atoms with Gasteiger partial charge in [-0.15, -0.1) is 0 Å². The number of esters is 1. The highest BCUT2D eigenvalue weighted by molar-refractivity contribution is 6.08. The van der Waals surface area contributed by atoms with Crippen LogP contribution in [0.3, 0.4) is 0 Å². The van der Waals surface area contributed by atoms with E-state index in [4.69, 9.17) is 4.74 Å². The van der Waals surface area contributed by atoms with Gasteiger partial charge < -0.3 is 15.0 Å². The van der Waals surface area contributed by atoms with Gasteiger partial charge in [0.25, 0.3) is 11.8 Å². The first-order chi connectivity index (χ1) is 13.9. The van der Waals surface area contributed by atoms with E-state index in [1.54, 1.807) is 11.8 Å². The van der Waals surface area contributed by atoms with E-state index >= 15 is 0 Å². The van der Waals surface area contributed by atoms with Gasteiger partial charge in [-0.3, -0.25) is 19.3 Å². The number of aryl methyl sites for hydroxylation is 1. The number of anilines is 1. The van der Waals surface area contributed by atoms with Crippen LogP contribution in [0.2, 0.25) is 0 Å². The van der Waals surface area contributed by atoms with Crippen LogP contribution < -0.4 is 10.2 Å². The Morgan fingerprint density at radius 1 is 1.24 bits per heavy atom. The molecule has 0 radical (unpaired) electrons. The Kier molecular flexibility index (Phi) is 6.20. The van der Waals surface area contributed by atoms with Gasteiger partial charge in [0.2, 0.25) is 0 Å². The quantitative estimate of drug-likeness (QED) is 0.557. The number of urea groups is 1. The fourth-order valence-corrected chi connectivity index (χ4v) is 3.78. The van der Waals surface area contributed by atoms with Crippen LogP contribution in [0.25, 0.3) is 0 Å². The normalized spacial score (nSPS) is 21.0. The largest absolute Gasteiger partial charge is 0.454 e. The summed E-state index contributed by atoms with van der Waals surface area (Å²) in [6, 6.07) is 7.04. The summed E-state index contributed by atoms with van der Waals surface area (Å²) in [5.74, 6) is -1.55. The average Bonchev–Trinajstić information content (AvgIpc) is 2.93. The zero-order valence-electron chi connectivity index (χ0n) is 16.9. The number of benzene rings is 1. The molecule has 0 spiro atoms. The molecular formula is C21H27N3O5. The third-order valence-corrected chi connectivity index (χ3v) is 5.43. The van der Waals surface area contributed by atoms with Crippen molar-refractivity contribution in [2.24, 2.45) is 0 Å². The van der Waals surface area contributed by atoms with Crippen molar-refractivity contribution < 1.29 is 23.9 Å². The smallest absolute Gasteiger partial charge is 0.326 e. The first-order valence-corrected chi connectivity index (χ1v) is 10.0. The Morgan fingerprint density at radius 3 is 2.76 bits per heavy atom. The Hall–Kier alpha value is -2.90. The van der Waals surface area contributed by atoms with Crippen LogP contribution in [0.4, 0.5) is 10.5 Å². The molecule has 1 aromatic rings. The van der Waals surface area contributed by atoms with Crippen LogP contribution in [-0.2, 0) is 25.5 Å². The number of hydrogen-bond acceptors (Lipinski definition) is 5. The second kappa shape index (κ2) is 8.63. The molecule has 3 rings (SSSR count). The molecule has 156 valence electrons. The molecule has 2 heterocycles. The number of carbonyl (C=O) groups is 4. The molecule has 1 fully saturated rings. The Balaban J connectivity index is 1.55. The van der Waals surface area contributed by atoms with E-state index in [0.717, 1.165) is 41.8 Å². The SMILES string of the molecule is CCCC[C@]1(C)NC(=O)N(CC(=O)OCC(=O)N2CCCc3ccccc32)C1=O. The first-order valence-electron chi connectivity index (χ1n) is 10.0. The molecule has 1 N–H and O–H groups in total. The van der Waals surface area contributed by atoms with Crippen molar-refractivity contribution in [1.82, 2.24) is 10.2 Å². The predicted molar refractivity (Wildman–Crippen MR) is 106 cm³/mol. The molecular weight excluding hydrogens is 374 g/mol. The predicted octanol–water partition coefficient (Wildman–Crippen LogP) is 2.01. The third-order valence-electron chi connectivity index (χ3n) is 5.43. The van der Waals surface area contributed by atoms with Crippen molar-refractivity contribution in [3.05, 3.63) is 29.8 Å². The van der Waals surface area contributed by atoms with Gasteiger partial charge in [0.15, 0.2) is 6.61 Å². The lowest BCUT2D eigenvalue weighted by Gasteiger charge is -2.29. The second-order valence-electron chi connectivity index (χ2n) is 7.70. The zero-order valence-corrected chi connectivity index (χ0v) is 16.9. The van der Waals surface area contributed by atoms with Crippen molar-refractivity contribution in [3.8, 4) is 0 Å². The summed E-state index contributed by atoms with van der Waals surface area (Å²) in [5, 5.41) is 2.65. The number of ether oxygens (including phenoxy) is 1. The van der Waals surface area contributed by atoms with Gasteiger partial charge in [-0.2, -0.15) is 0 Å². The number of rotatable bonds is 7. The number of nitrogens with zero attached hydrogens (tertiary/aromatic N) is 2. The zero-order chi connectivity index (χ0) is 21.0. The summed E-state index contributed by atoms with van der Waals surface area (Å²) in [6.45, 7) is 3.29. The van der Waals surface area contributed by atoms with Crippen LogP contribution in [-0.4, -0.2) is 54.0 Å². The van der Waals surface area contributed by atoms with E-state index < -0.39 is 36.6 Å². The second-order valence-corrected chi connectivity index (χ2v) is 7.70. The molecule has 8 nitrogen and oxygen atoms in total. The molecule has 0 saturated carbocycles. The van der Waals surface area contributed by atoms with Gasteiger partial charge >= 0.3 is 12.0 Å². The van der Waals surface area contributed by atoms with Gasteiger partial charge in [0.1, 0.15) is 12.1 Å². The summed E-state index contributed by atoms with van der Waals surface area (Å²) in [4.78, 5) is 51.9. The topological polar surface area (TPSA) is 96.0 Å². The summed E-state index contributed by atoms with van der Waals surface area (Å²) in [6.07, 6.45) is 3.93. The maximum Gasteiger partial charge on any atom is 0.326 e. The molecule has 2 aliphatic heterocycles.